The van der Waals surface area contributed by atoms with E-state index in [-0.39, 0.29) is 0 Å². The minimum Gasteiger partial charge on any atom is -0.177 e. The van der Waals surface area contributed by atoms with Crippen LogP contribution >= 0.6 is 0 Å². The third kappa shape index (κ3) is 0.667. The van der Waals surface area contributed by atoms with Crippen LogP contribution in [0.3, 0.4) is 0 Å². The van der Waals surface area contributed by atoms with Crippen molar-refractivity contribution in [2.24, 2.45) is 5.92 Å². The number of nitrogens with zero attached hydrogens (tertiary/aromatic N) is 3. The minimum absolute atomic E-state index is 0.368. The third-order valence-corrected chi connectivity index (χ3v) is 2.94. The van der Waals surface area contributed by atoms with Crippen LogP contribution in [0.2, 0.25) is 0 Å². The van der Waals surface area contributed by atoms with E-state index in [1.54, 1.807) is 0 Å². The standard InChI is InChI=1S/C7H10N4/c1-2-5(1)7(3-4-7)6-8-10-11-9-6/h5H,1-4H2,(H,8,9,10,11). The zero-order valence-electron chi connectivity index (χ0n) is 6.25. The molecule has 1 heterocycles. The fourth-order valence-corrected chi connectivity index (χ4v) is 1.96. The molecule has 0 radical (unpaired) electrons. The molecule has 2 aliphatic rings. The first kappa shape index (κ1) is 5.69. The first-order valence-corrected chi connectivity index (χ1v) is 4.16. The van der Waals surface area contributed by atoms with E-state index in [0.29, 0.717) is 5.41 Å². The lowest BCUT2D eigenvalue weighted by molar-refractivity contribution is 0.558. The topological polar surface area (TPSA) is 54.5 Å². The fraction of sp³-hybridized carbons (Fsp3) is 0.857. The van der Waals surface area contributed by atoms with Gasteiger partial charge < -0.3 is 0 Å². The molecule has 2 aliphatic carbocycles. The first-order chi connectivity index (χ1) is 5.42. The van der Waals surface area contributed by atoms with Crippen LogP contribution in [0.15, 0.2) is 0 Å². The van der Waals surface area contributed by atoms with Crippen molar-refractivity contribution in [2.75, 3.05) is 0 Å². The van der Waals surface area contributed by atoms with E-state index in [0.717, 1.165) is 11.7 Å². The quantitative estimate of drug-likeness (QED) is 0.673. The smallest absolute Gasteiger partial charge is 0.177 e. The zero-order chi connectivity index (χ0) is 7.31. The minimum atomic E-state index is 0.368. The average molecular weight is 150 g/mol. The maximum Gasteiger partial charge on any atom is 0.180 e. The van der Waals surface area contributed by atoms with Gasteiger partial charge in [-0.25, -0.2) is 0 Å². The van der Waals surface area contributed by atoms with Gasteiger partial charge in [0.15, 0.2) is 5.82 Å². The van der Waals surface area contributed by atoms with Gasteiger partial charge in [0.2, 0.25) is 0 Å². The van der Waals surface area contributed by atoms with Gasteiger partial charge >= 0.3 is 0 Å². The molecule has 0 atom stereocenters. The van der Waals surface area contributed by atoms with Crippen molar-refractivity contribution in [1.82, 2.24) is 20.6 Å². The Hall–Kier alpha value is -0.930. The van der Waals surface area contributed by atoms with Crippen LogP contribution in [0.1, 0.15) is 31.5 Å². The number of nitrogens with one attached hydrogen (secondary N) is 1. The van der Waals surface area contributed by atoms with Crippen LogP contribution in [-0.4, -0.2) is 20.6 Å². The van der Waals surface area contributed by atoms with Crippen molar-refractivity contribution >= 4 is 0 Å². The van der Waals surface area contributed by atoms with Crippen LogP contribution in [0.4, 0.5) is 0 Å². The summed E-state index contributed by atoms with van der Waals surface area (Å²) < 4.78 is 0. The Labute approximate surface area is 64.4 Å². The summed E-state index contributed by atoms with van der Waals surface area (Å²) in [5.74, 6) is 1.83. The summed E-state index contributed by atoms with van der Waals surface area (Å²) in [7, 11) is 0. The van der Waals surface area contributed by atoms with E-state index in [2.05, 4.69) is 20.6 Å². The molecule has 1 aromatic heterocycles. The Morgan fingerprint density at radius 3 is 2.64 bits per heavy atom. The SMILES string of the molecule is C1CC1C1(c2nn[nH]n2)CC1. The Balaban J connectivity index is 1.97. The number of aromatic nitrogens is 4. The number of H-pyrrole nitrogens is 1. The van der Waals surface area contributed by atoms with Crippen LogP contribution in [0.5, 0.6) is 0 Å². The van der Waals surface area contributed by atoms with E-state index in [1.165, 1.54) is 25.7 Å². The molecule has 0 bridgehead atoms. The Kier molecular flexibility index (Phi) is 0.840. The Morgan fingerprint density at radius 1 is 1.36 bits per heavy atom. The van der Waals surface area contributed by atoms with Crippen molar-refractivity contribution in [3.63, 3.8) is 0 Å². The first-order valence-electron chi connectivity index (χ1n) is 4.16. The van der Waals surface area contributed by atoms with E-state index in [4.69, 9.17) is 0 Å². The van der Waals surface area contributed by atoms with Gasteiger partial charge in [0.1, 0.15) is 0 Å². The summed E-state index contributed by atoms with van der Waals surface area (Å²) in [6.45, 7) is 0. The predicted octanol–water partition coefficient (Wildman–Crippen LogP) is 0.641. The van der Waals surface area contributed by atoms with Crippen LogP contribution in [0, 0.1) is 5.92 Å². The highest BCUT2D eigenvalue weighted by Crippen LogP contribution is 2.61. The van der Waals surface area contributed by atoms with Gasteiger partial charge in [-0.3, -0.25) is 0 Å². The number of tetrazole rings is 1. The van der Waals surface area contributed by atoms with Gasteiger partial charge in [0, 0.05) is 5.41 Å². The highest BCUT2D eigenvalue weighted by molar-refractivity contribution is 5.21. The summed E-state index contributed by atoms with van der Waals surface area (Å²) in [6, 6.07) is 0. The molecule has 0 aromatic carbocycles. The van der Waals surface area contributed by atoms with Gasteiger partial charge in [0.25, 0.3) is 0 Å². The Morgan fingerprint density at radius 2 is 2.18 bits per heavy atom. The summed E-state index contributed by atoms with van der Waals surface area (Å²) in [6.07, 6.45) is 5.29. The van der Waals surface area contributed by atoms with E-state index in [1.807, 2.05) is 0 Å². The lowest BCUT2D eigenvalue weighted by Gasteiger charge is -2.05. The van der Waals surface area contributed by atoms with E-state index >= 15 is 0 Å². The summed E-state index contributed by atoms with van der Waals surface area (Å²) in [5.41, 5.74) is 0.368. The van der Waals surface area contributed by atoms with Gasteiger partial charge in [-0.1, -0.05) is 5.21 Å². The number of hydrogen-bond acceptors (Lipinski definition) is 3. The summed E-state index contributed by atoms with van der Waals surface area (Å²) in [4.78, 5) is 0. The molecule has 4 nitrogen and oxygen atoms in total. The summed E-state index contributed by atoms with van der Waals surface area (Å²) in [5, 5.41) is 14.3. The second-order valence-electron chi connectivity index (χ2n) is 3.67. The van der Waals surface area contributed by atoms with E-state index < -0.39 is 0 Å². The molecule has 0 aliphatic heterocycles. The molecule has 0 saturated heterocycles. The molecule has 58 valence electrons. The average Bonchev–Trinajstić information content (AvgIpc) is 2.89. The zero-order valence-corrected chi connectivity index (χ0v) is 6.25. The molecule has 11 heavy (non-hydrogen) atoms. The fourth-order valence-electron chi connectivity index (χ4n) is 1.96. The molecule has 4 heteroatoms. The maximum absolute atomic E-state index is 4.06. The lowest BCUT2D eigenvalue weighted by Crippen LogP contribution is -2.11. The van der Waals surface area contributed by atoms with Gasteiger partial charge in [-0.2, -0.15) is 5.21 Å². The van der Waals surface area contributed by atoms with Gasteiger partial charge in [0.05, 0.1) is 0 Å². The third-order valence-electron chi connectivity index (χ3n) is 2.94. The highest BCUT2D eigenvalue weighted by atomic mass is 15.5. The normalized spacial score (nSPS) is 26.9. The number of rotatable bonds is 2. The Bertz CT molecular complexity index is 258. The molecule has 0 unspecified atom stereocenters. The highest BCUT2D eigenvalue weighted by Gasteiger charge is 2.57. The summed E-state index contributed by atoms with van der Waals surface area (Å²) >= 11 is 0. The van der Waals surface area contributed by atoms with Crippen LogP contribution in [0.25, 0.3) is 0 Å². The van der Waals surface area contributed by atoms with Crippen LogP contribution < -0.4 is 0 Å². The van der Waals surface area contributed by atoms with Gasteiger partial charge in [-0.15, -0.1) is 10.2 Å². The molecular formula is C7H10N4. The largest absolute Gasteiger partial charge is 0.180 e. The molecule has 1 aromatic rings. The number of hydrogen-bond donors (Lipinski definition) is 1. The predicted molar refractivity (Wildman–Crippen MR) is 37.8 cm³/mol. The van der Waals surface area contributed by atoms with Crippen molar-refractivity contribution in [2.45, 2.75) is 31.1 Å². The molecule has 3 rings (SSSR count). The molecule has 0 amide bonds. The van der Waals surface area contributed by atoms with E-state index in [9.17, 15) is 0 Å². The lowest BCUT2D eigenvalue weighted by atomic mass is 10.0. The molecule has 1 N–H and O–H groups in total. The van der Waals surface area contributed by atoms with Crippen molar-refractivity contribution in [3.05, 3.63) is 5.82 Å². The van der Waals surface area contributed by atoms with Gasteiger partial charge in [-0.05, 0) is 31.6 Å². The molecule has 2 saturated carbocycles. The second kappa shape index (κ2) is 1.62. The number of aromatic amines is 1. The van der Waals surface area contributed by atoms with Crippen LogP contribution in [-0.2, 0) is 5.41 Å². The van der Waals surface area contributed by atoms with Crippen molar-refractivity contribution in [3.8, 4) is 0 Å². The molecular weight excluding hydrogens is 140 g/mol. The second-order valence-corrected chi connectivity index (χ2v) is 3.67. The van der Waals surface area contributed by atoms with Crippen molar-refractivity contribution < 1.29 is 0 Å². The van der Waals surface area contributed by atoms with Crippen molar-refractivity contribution in [1.29, 1.82) is 0 Å². The monoisotopic (exact) mass is 150 g/mol. The molecule has 0 spiro atoms. The molecule has 2 fully saturated rings. The maximum atomic E-state index is 4.06.